The van der Waals surface area contributed by atoms with Crippen molar-refractivity contribution in [3.05, 3.63) is 30.0 Å². The van der Waals surface area contributed by atoms with E-state index in [1.807, 2.05) is 0 Å². The van der Waals surface area contributed by atoms with Crippen LogP contribution >= 0.6 is 0 Å². The summed E-state index contributed by atoms with van der Waals surface area (Å²) in [5.74, 6) is 0.778. The van der Waals surface area contributed by atoms with Crippen LogP contribution in [0.2, 0.25) is 0 Å². The summed E-state index contributed by atoms with van der Waals surface area (Å²) >= 11 is 0. The maximum Gasteiger partial charge on any atom is 0.0706 e. The fraction of sp³-hybridized carbons (Fsp3) is 0.562. The van der Waals surface area contributed by atoms with Gasteiger partial charge in [-0.15, -0.1) is 0 Å². The number of hydrogen-bond acceptors (Lipinski definition) is 2. The van der Waals surface area contributed by atoms with Crippen LogP contribution in [0.25, 0.3) is 10.9 Å². The molecule has 3 nitrogen and oxygen atoms in total. The summed E-state index contributed by atoms with van der Waals surface area (Å²) in [4.78, 5) is 0. The monoisotopic (exact) mass is 257 g/mol. The van der Waals surface area contributed by atoms with Crippen LogP contribution in [0, 0.1) is 5.92 Å². The number of aromatic nitrogens is 2. The highest BCUT2D eigenvalue weighted by molar-refractivity contribution is 5.81. The molecule has 0 bridgehead atoms. The predicted octanol–water partition coefficient (Wildman–Crippen LogP) is 2.99. The third-order valence-electron chi connectivity index (χ3n) is 4.25. The Bertz CT molecular complexity index is 558. The molecule has 0 radical (unpaired) electrons. The van der Waals surface area contributed by atoms with Gasteiger partial charge in [0.15, 0.2) is 0 Å². The first kappa shape index (κ1) is 12.7. The number of para-hydroxylation sites is 1. The normalized spacial score (nSPS) is 23.9. The summed E-state index contributed by atoms with van der Waals surface area (Å²) in [7, 11) is 0. The van der Waals surface area contributed by atoms with Crippen molar-refractivity contribution in [3.63, 3.8) is 0 Å². The molecule has 1 aliphatic rings. The molecule has 3 rings (SSSR count). The maximum absolute atomic E-state index is 4.82. The lowest BCUT2D eigenvalue weighted by molar-refractivity contribution is 0.312. The molecule has 0 saturated carbocycles. The van der Waals surface area contributed by atoms with Crippen molar-refractivity contribution in [1.82, 2.24) is 15.1 Å². The zero-order valence-electron chi connectivity index (χ0n) is 11.9. The van der Waals surface area contributed by atoms with Gasteiger partial charge in [-0.25, -0.2) is 0 Å². The topological polar surface area (TPSA) is 29.9 Å². The predicted molar refractivity (Wildman–Crippen MR) is 79.3 cm³/mol. The van der Waals surface area contributed by atoms with Crippen LogP contribution in [0.4, 0.5) is 0 Å². The molecule has 1 N–H and O–H groups in total. The van der Waals surface area contributed by atoms with Gasteiger partial charge >= 0.3 is 0 Å². The Kier molecular flexibility index (Phi) is 3.56. The van der Waals surface area contributed by atoms with Crippen molar-refractivity contribution in [1.29, 1.82) is 0 Å². The van der Waals surface area contributed by atoms with Gasteiger partial charge in [0.1, 0.15) is 0 Å². The Balaban J connectivity index is 1.88. The van der Waals surface area contributed by atoms with Gasteiger partial charge < -0.3 is 5.32 Å². The van der Waals surface area contributed by atoms with Gasteiger partial charge in [-0.05, 0) is 51.6 Å². The third kappa shape index (κ3) is 2.52. The maximum atomic E-state index is 4.82. The number of piperidine rings is 1. The second-order valence-corrected chi connectivity index (χ2v) is 5.73. The van der Waals surface area contributed by atoms with Gasteiger partial charge in [0.25, 0.3) is 0 Å². The molecule has 1 saturated heterocycles. The Morgan fingerprint density at radius 1 is 1.37 bits per heavy atom. The molecular formula is C16H23N3. The van der Waals surface area contributed by atoms with Crippen molar-refractivity contribution in [2.45, 2.75) is 45.7 Å². The smallest absolute Gasteiger partial charge is 0.0706 e. The van der Waals surface area contributed by atoms with E-state index in [0.717, 1.165) is 25.4 Å². The molecule has 0 aliphatic carbocycles. The average Bonchev–Trinajstić information content (AvgIpc) is 2.77. The summed E-state index contributed by atoms with van der Waals surface area (Å²) in [5, 5.41) is 9.69. The zero-order chi connectivity index (χ0) is 13.2. The van der Waals surface area contributed by atoms with E-state index < -0.39 is 0 Å². The minimum atomic E-state index is 0.651. The molecule has 19 heavy (non-hydrogen) atoms. The molecule has 2 aromatic rings. The van der Waals surface area contributed by atoms with Crippen molar-refractivity contribution < 1.29 is 0 Å². The molecule has 102 valence electrons. The van der Waals surface area contributed by atoms with Crippen LogP contribution in [-0.4, -0.2) is 22.4 Å². The van der Waals surface area contributed by atoms with E-state index >= 15 is 0 Å². The molecule has 1 aliphatic heterocycles. The molecule has 1 fully saturated rings. The largest absolute Gasteiger partial charge is 0.314 e. The van der Waals surface area contributed by atoms with E-state index in [2.05, 4.69) is 48.1 Å². The van der Waals surface area contributed by atoms with E-state index in [1.54, 1.807) is 0 Å². The fourth-order valence-electron chi connectivity index (χ4n) is 3.28. The molecule has 1 aromatic carbocycles. The van der Waals surface area contributed by atoms with Gasteiger partial charge in [0, 0.05) is 18.0 Å². The van der Waals surface area contributed by atoms with E-state index in [0.29, 0.717) is 6.04 Å². The lowest BCUT2D eigenvalue weighted by Crippen LogP contribution is -2.36. The van der Waals surface area contributed by atoms with Crippen LogP contribution < -0.4 is 5.32 Å². The summed E-state index contributed by atoms with van der Waals surface area (Å²) in [6.45, 7) is 6.55. The van der Waals surface area contributed by atoms with Crippen LogP contribution in [0.3, 0.4) is 0 Å². The summed E-state index contributed by atoms with van der Waals surface area (Å²) in [6.07, 6.45) is 3.67. The first-order chi connectivity index (χ1) is 9.28. The molecule has 0 amide bonds. The number of rotatable bonds is 3. The van der Waals surface area contributed by atoms with Crippen LogP contribution in [0.15, 0.2) is 24.3 Å². The number of aryl methyl sites for hydroxylation is 1. The summed E-state index contributed by atoms with van der Waals surface area (Å²) < 4.78 is 2.13. The van der Waals surface area contributed by atoms with Gasteiger partial charge in [0.2, 0.25) is 0 Å². The van der Waals surface area contributed by atoms with E-state index in [9.17, 15) is 0 Å². The van der Waals surface area contributed by atoms with E-state index in [1.165, 1.54) is 29.4 Å². The van der Waals surface area contributed by atoms with Crippen molar-refractivity contribution >= 4 is 10.9 Å². The lowest BCUT2D eigenvalue weighted by Gasteiger charge is -2.27. The fourth-order valence-corrected chi connectivity index (χ4v) is 3.28. The Morgan fingerprint density at radius 2 is 2.21 bits per heavy atom. The van der Waals surface area contributed by atoms with E-state index in [4.69, 9.17) is 5.10 Å². The molecule has 0 spiro atoms. The zero-order valence-corrected chi connectivity index (χ0v) is 11.9. The minimum absolute atomic E-state index is 0.651. The lowest BCUT2D eigenvalue weighted by atomic mass is 9.89. The first-order valence-corrected chi connectivity index (χ1v) is 7.45. The van der Waals surface area contributed by atoms with E-state index in [-0.39, 0.29) is 0 Å². The summed E-state index contributed by atoms with van der Waals surface area (Å²) in [6, 6.07) is 9.28. The van der Waals surface area contributed by atoms with Crippen molar-refractivity contribution in [2.24, 2.45) is 5.92 Å². The minimum Gasteiger partial charge on any atom is -0.314 e. The van der Waals surface area contributed by atoms with Crippen LogP contribution in [0.1, 0.15) is 32.4 Å². The second kappa shape index (κ2) is 5.33. The van der Waals surface area contributed by atoms with Gasteiger partial charge in [-0.1, -0.05) is 18.2 Å². The van der Waals surface area contributed by atoms with Crippen LogP contribution in [0.5, 0.6) is 0 Å². The highest BCUT2D eigenvalue weighted by Crippen LogP contribution is 2.25. The first-order valence-electron chi connectivity index (χ1n) is 7.45. The summed E-state index contributed by atoms with van der Waals surface area (Å²) in [5.41, 5.74) is 2.57. The van der Waals surface area contributed by atoms with Gasteiger partial charge in [0.05, 0.1) is 11.2 Å². The highest BCUT2D eigenvalue weighted by atomic mass is 15.3. The number of benzene rings is 1. The highest BCUT2D eigenvalue weighted by Gasteiger charge is 2.21. The SMILES string of the molecule is CCn1nc(CC2CCNC(C)C2)c2ccccc21. The number of fused-ring (bicyclic) bond motifs is 1. The molecular weight excluding hydrogens is 234 g/mol. The Labute approximate surface area is 115 Å². The quantitative estimate of drug-likeness (QED) is 0.916. The van der Waals surface area contributed by atoms with Crippen molar-refractivity contribution in [2.75, 3.05) is 6.54 Å². The van der Waals surface area contributed by atoms with Gasteiger partial charge in [-0.3, -0.25) is 4.68 Å². The Morgan fingerprint density at radius 3 is 3.00 bits per heavy atom. The van der Waals surface area contributed by atoms with Gasteiger partial charge in [-0.2, -0.15) is 5.10 Å². The third-order valence-corrected chi connectivity index (χ3v) is 4.25. The number of nitrogens with one attached hydrogen (secondary N) is 1. The van der Waals surface area contributed by atoms with Crippen LogP contribution in [-0.2, 0) is 13.0 Å². The molecule has 2 heterocycles. The van der Waals surface area contributed by atoms with Crippen molar-refractivity contribution in [3.8, 4) is 0 Å². The Hall–Kier alpha value is -1.35. The molecule has 2 atom stereocenters. The molecule has 3 heteroatoms. The standard InChI is InChI=1S/C16H23N3/c1-3-19-16-7-5-4-6-14(16)15(18-19)11-13-8-9-17-12(2)10-13/h4-7,12-13,17H,3,8-11H2,1-2H3. The molecule has 2 unspecified atom stereocenters. The molecule has 1 aromatic heterocycles. The number of nitrogens with zero attached hydrogens (tertiary/aromatic N) is 2. The average molecular weight is 257 g/mol. The second-order valence-electron chi connectivity index (χ2n) is 5.73. The number of hydrogen-bond donors (Lipinski definition) is 1.